The van der Waals surface area contributed by atoms with Crippen molar-refractivity contribution >= 4 is 0 Å². The first-order valence-corrected chi connectivity index (χ1v) is 7.60. The predicted molar refractivity (Wildman–Crippen MR) is 74.3 cm³/mol. The maximum atomic E-state index is 3.73. The van der Waals surface area contributed by atoms with Gasteiger partial charge >= 0.3 is 0 Å². The maximum Gasteiger partial charge on any atom is 0.0218 e. The average Bonchev–Trinajstić information content (AvgIpc) is 2.56. The van der Waals surface area contributed by atoms with Gasteiger partial charge in [-0.05, 0) is 45.2 Å². The van der Waals surface area contributed by atoms with E-state index >= 15 is 0 Å². The summed E-state index contributed by atoms with van der Waals surface area (Å²) in [6.45, 7) is 11.0. The molecule has 1 unspecified atom stereocenters. The van der Waals surface area contributed by atoms with E-state index in [2.05, 4.69) is 31.0 Å². The predicted octanol–water partition coefficient (Wildman–Crippen LogP) is 3.03. The summed E-state index contributed by atoms with van der Waals surface area (Å²) in [5, 5.41) is 3.73. The van der Waals surface area contributed by atoms with Crippen LogP contribution in [-0.2, 0) is 0 Å². The van der Waals surface area contributed by atoms with Gasteiger partial charge < -0.3 is 5.32 Å². The van der Waals surface area contributed by atoms with E-state index in [1.807, 2.05) is 0 Å². The summed E-state index contributed by atoms with van der Waals surface area (Å²) >= 11 is 0. The van der Waals surface area contributed by atoms with Crippen molar-refractivity contribution in [3.63, 3.8) is 0 Å². The van der Waals surface area contributed by atoms with Crippen LogP contribution >= 0.6 is 0 Å². The fourth-order valence-electron chi connectivity index (χ4n) is 3.52. The minimum Gasteiger partial charge on any atom is -0.312 e. The minimum absolute atomic E-state index is 0.497. The van der Waals surface area contributed by atoms with Gasteiger partial charge in [-0.2, -0.15) is 0 Å². The van der Waals surface area contributed by atoms with Crippen molar-refractivity contribution in [2.24, 2.45) is 5.92 Å². The summed E-state index contributed by atoms with van der Waals surface area (Å²) in [6.07, 6.45) is 8.48. The van der Waals surface area contributed by atoms with Crippen molar-refractivity contribution in [1.29, 1.82) is 0 Å². The summed E-state index contributed by atoms with van der Waals surface area (Å²) in [5.41, 5.74) is 0.497. The molecule has 2 rings (SSSR count). The van der Waals surface area contributed by atoms with Gasteiger partial charge in [-0.1, -0.05) is 33.1 Å². The highest BCUT2D eigenvalue weighted by molar-refractivity contribution is 4.92. The molecule has 0 aromatic heterocycles. The lowest BCUT2D eigenvalue weighted by Gasteiger charge is -2.45. The minimum atomic E-state index is 0.497. The molecule has 1 saturated heterocycles. The molecule has 0 amide bonds. The third-order valence-corrected chi connectivity index (χ3v) is 4.93. The van der Waals surface area contributed by atoms with Crippen molar-refractivity contribution < 1.29 is 0 Å². The Bertz CT molecular complexity index is 231. The highest BCUT2D eigenvalue weighted by atomic mass is 15.2. The van der Waals surface area contributed by atoms with Gasteiger partial charge in [0.15, 0.2) is 0 Å². The van der Waals surface area contributed by atoms with Crippen LogP contribution in [0, 0.1) is 5.92 Å². The SMILES string of the molecule is CC(C)C1CN(C2(C)CCCCC2)CCCN1. The van der Waals surface area contributed by atoms with E-state index in [1.54, 1.807) is 0 Å². The monoisotopic (exact) mass is 238 g/mol. The molecule has 0 spiro atoms. The lowest BCUT2D eigenvalue weighted by atomic mass is 9.81. The first-order chi connectivity index (χ1) is 8.12. The summed E-state index contributed by atoms with van der Waals surface area (Å²) < 4.78 is 0. The fraction of sp³-hybridized carbons (Fsp3) is 1.00. The van der Waals surface area contributed by atoms with Crippen LogP contribution in [0.25, 0.3) is 0 Å². The quantitative estimate of drug-likeness (QED) is 0.795. The third-order valence-electron chi connectivity index (χ3n) is 4.93. The molecule has 1 atom stereocenters. The Labute approximate surface area is 107 Å². The van der Waals surface area contributed by atoms with Crippen molar-refractivity contribution in [2.75, 3.05) is 19.6 Å². The van der Waals surface area contributed by atoms with Gasteiger partial charge in [-0.3, -0.25) is 4.90 Å². The Morgan fingerprint density at radius 1 is 1.12 bits per heavy atom. The molecule has 2 nitrogen and oxygen atoms in total. The number of hydrogen-bond acceptors (Lipinski definition) is 2. The lowest BCUT2D eigenvalue weighted by Crippen LogP contribution is -2.52. The Kier molecular flexibility index (Phi) is 4.48. The van der Waals surface area contributed by atoms with Gasteiger partial charge in [0.05, 0.1) is 0 Å². The van der Waals surface area contributed by atoms with Gasteiger partial charge in [-0.25, -0.2) is 0 Å². The zero-order valence-electron chi connectivity index (χ0n) is 12.0. The summed E-state index contributed by atoms with van der Waals surface area (Å²) in [5.74, 6) is 0.753. The molecule has 0 bridgehead atoms. The second-order valence-corrected chi connectivity index (χ2v) is 6.66. The molecule has 1 aliphatic carbocycles. The fourth-order valence-corrected chi connectivity index (χ4v) is 3.52. The molecule has 100 valence electrons. The van der Waals surface area contributed by atoms with Crippen LogP contribution in [0.1, 0.15) is 59.3 Å². The summed E-state index contributed by atoms with van der Waals surface area (Å²) in [7, 11) is 0. The van der Waals surface area contributed by atoms with Crippen LogP contribution in [0.4, 0.5) is 0 Å². The van der Waals surface area contributed by atoms with Crippen LogP contribution < -0.4 is 5.32 Å². The number of hydrogen-bond donors (Lipinski definition) is 1. The van der Waals surface area contributed by atoms with Crippen LogP contribution in [0.2, 0.25) is 0 Å². The highest BCUT2D eigenvalue weighted by Crippen LogP contribution is 2.34. The van der Waals surface area contributed by atoms with E-state index in [4.69, 9.17) is 0 Å². The maximum absolute atomic E-state index is 3.73. The number of rotatable bonds is 2. The zero-order chi connectivity index (χ0) is 12.3. The number of nitrogens with zero attached hydrogens (tertiary/aromatic N) is 1. The Balaban J connectivity index is 2.02. The van der Waals surface area contributed by atoms with Crippen LogP contribution in [0.3, 0.4) is 0 Å². The molecule has 2 fully saturated rings. The Hall–Kier alpha value is -0.0800. The zero-order valence-corrected chi connectivity index (χ0v) is 12.0. The number of nitrogens with one attached hydrogen (secondary N) is 1. The Morgan fingerprint density at radius 3 is 2.47 bits per heavy atom. The van der Waals surface area contributed by atoms with Gasteiger partial charge in [0.1, 0.15) is 0 Å². The van der Waals surface area contributed by atoms with Gasteiger partial charge in [0.25, 0.3) is 0 Å². The molecule has 0 aromatic carbocycles. The van der Waals surface area contributed by atoms with E-state index in [9.17, 15) is 0 Å². The molecule has 1 aliphatic heterocycles. The Morgan fingerprint density at radius 2 is 1.82 bits per heavy atom. The van der Waals surface area contributed by atoms with E-state index in [0.29, 0.717) is 11.6 Å². The molecule has 2 aliphatic rings. The molecule has 1 N–H and O–H groups in total. The molecule has 17 heavy (non-hydrogen) atoms. The van der Waals surface area contributed by atoms with Crippen molar-refractivity contribution in [1.82, 2.24) is 10.2 Å². The van der Waals surface area contributed by atoms with Crippen molar-refractivity contribution in [3.05, 3.63) is 0 Å². The van der Waals surface area contributed by atoms with Crippen LogP contribution in [0.5, 0.6) is 0 Å². The van der Waals surface area contributed by atoms with E-state index in [-0.39, 0.29) is 0 Å². The molecule has 0 aromatic rings. The first-order valence-electron chi connectivity index (χ1n) is 7.60. The van der Waals surface area contributed by atoms with E-state index in [0.717, 1.165) is 5.92 Å². The molecular formula is C15H30N2. The van der Waals surface area contributed by atoms with E-state index in [1.165, 1.54) is 58.2 Å². The average molecular weight is 238 g/mol. The summed E-state index contributed by atoms with van der Waals surface area (Å²) in [4.78, 5) is 2.80. The second-order valence-electron chi connectivity index (χ2n) is 6.66. The van der Waals surface area contributed by atoms with Crippen LogP contribution in [0.15, 0.2) is 0 Å². The smallest absolute Gasteiger partial charge is 0.0218 e. The van der Waals surface area contributed by atoms with Gasteiger partial charge in [0, 0.05) is 18.1 Å². The molecular weight excluding hydrogens is 208 g/mol. The van der Waals surface area contributed by atoms with Gasteiger partial charge in [-0.15, -0.1) is 0 Å². The van der Waals surface area contributed by atoms with Gasteiger partial charge in [0.2, 0.25) is 0 Å². The molecule has 1 saturated carbocycles. The standard InChI is InChI=1S/C15H30N2/c1-13(2)14-12-17(11-7-10-16-14)15(3)8-5-4-6-9-15/h13-14,16H,4-12H2,1-3H3. The third kappa shape index (κ3) is 3.23. The topological polar surface area (TPSA) is 15.3 Å². The molecule has 0 radical (unpaired) electrons. The van der Waals surface area contributed by atoms with Crippen LogP contribution in [-0.4, -0.2) is 36.1 Å². The lowest BCUT2D eigenvalue weighted by molar-refractivity contribution is 0.0601. The largest absolute Gasteiger partial charge is 0.312 e. The molecule has 2 heteroatoms. The first kappa shape index (κ1) is 13.4. The van der Waals surface area contributed by atoms with Crippen molar-refractivity contribution in [3.8, 4) is 0 Å². The summed E-state index contributed by atoms with van der Waals surface area (Å²) in [6, 6.07) is 0.691. The van der Waals surface area contributed by atoms with E-state index < -0.39 is 0 Å². The second kappa shape index (κ2) is 5.71. The highest BCUT2D eigenvalue weighted by Gasteiger charge is 2.35. The van der Waals surface area contributed by atoms with Crippen molar-refractivity contribution in [2.45, 2.75) is 70.9 Å². The molecule has 1 heterocycles. The normalized spacial score (nSPS) is 31.4.